The van der Waals surface area contributed by atoms with Crippen LogP contribution in [-0.4, -0.2) is 48.3 Å². The molecule has 2 saturated heterocycles. The third-order valence-corrected chi connectivity index (χ3v) is 4.31. The van der Waals surface area contributed by atoms with Crippen molar-refractivity contribution in [3.63, 3.8) is 0 Å². The summed E-state index contributed by atoms with van der Waals surface area (Å²) in [6.07, 6.45) is 7.62. The molecule has 0 amide bonds. The molecule has 3 rings (SSSR count). The van der Waals surface area contributed by atoms with Gasteiger partial charge in [-0.25, -0.2) is 0 Å². The number of anilines is 1. The van der Waals surface area contributed by atoms with Gasteiger partial charge in [0.25, 0.3) is 0 Å². The van der Waals surface area contributed by atoms with E-state index in [1.807, 2.05) is 6.07 Å². The molecule has 5 heteroatoms. The van der Waals surface area contributed by atoms with Gasteiger partial charge in [0.1, 0.15) is 0 Å². The van der Waals surface area contributed by atoms with Gasteiger partial charge in [0.2, 0.25) is 0 Å². The lowest BCUT2D eigenvalue weighted by atomic mass is 10.0. The van der Waals surface area contributed by atoms with E-state index in [1.165, 1.54) is 25.8 Å². The summed E-state index contributed by atoms with van der Waals surface area (Å²) in [6.45, 7) is 3.92. The number of fused-ring (bicyclic) bond motifs is 1. The fourth-order valence-corrected chi connectivity index (χ4v) is 3.10. The maximum Gasteiger partial charge on any atom is 0.0874 e. The molecule has 4 nitrogen and oxygen atoms in total. The summed E-state index contributed by atoms with van der Waals surface area (Å²) in [5, 5.41) is 4.02. The molecule has 104 valence electrons. The Morgan fingerprint density at radius 2 is 2.42 bits per heavy atom. The Hall–Kier alpha value is -0.840. The number of halogens is 1. The Morgan fingerprint density at radius 3 is 3.32 bits per heavy atom. The second kappa shape index (κ2) is 6.07. The first-order valence-electron chi connectivity index (χ1n) is 7.02. The molecule has 2 fully saturated rings. The normalized spacial score (nSPS) is 27.8. The van der Waals surface area contributed by atoms with Crippen LogP contribution in [0.15, 0.2) is 18.5 Å². The summed E-state index contributed by atoms with van der Waals surface area (Å²) in [5.74, 6) is 0. The topological polar surface area (TPSA) is 37.4 Å². The summed E-state index contributed by atoms with van der Waals surface area (Å²) < 4.78 is 5.95. The molecule has 2 aliphatic rings. The van der Waals surface area contributed by atoms with Crippen LogP contribution in [0.5, 0.6) is 0 Å². The van der Waals surface area contributed by atoms with Gasteiger partial charge in [0.05, 0.1) is 23.4 Å². The van der Waals surface area contributed by atoms with Crippen molar-refractivity contribution in [2.45, 2.75) is 31.4 Å². The number of nitrogens with one attached hydrogen (secondary N) is 1. The highest BCUT2D eigenvalue weighted by Gasteiger charge is 2.30. The molecule has 0 aromatic carbocycles. The lowest BCUT2D eigenvalue weighted by Gasteiger charge is -2.42. The summed E-state index contributed by atoms with van der Waals surface area (Å²) >= 11 is 6.08. The van der Waals surface area contributed by atoms with Crippen LogP contribution >= 0.6 is 11.6 Å². The van der Waals surface area contributed by atoms with E-state index in [2.05, 4.69) is 15.2 Å². The molecule has 0 aliphatic carbocycles. The van der Waals surface area contributed by atoms with Crippen molar-refractivity contribution in [2.24, 2.45) is 0 Å². The molecule has 2 aliphatic heterocycles. The molecule has 1 aromatic rings. The average Bonchev–Trinajstić information content (AvgIpc) is 2.46. The molecule has 3 heterocycles. The van der Waals surface area contributed by atoms with Crippen molar-refractivity contribution in [3.05, 3.63) is 23.5 Å². The summed E-state index contributed by atoms with van der Waals surface area (Å²) in [5.41, 5.74) is 0.932. The van der Waals surface area contributed by atoms with E-state index in [1.54, 1.807) is 12.4 Å². The van der Waals surface area contributed by atoms with E-state index >= 15 is 0 Å². The van der Waals surface area contributed by atoms with Gasteiger partial charge in [0.15, 0.2) is 0 Å². The Labute approximate surface area is 119 Å². The monoisotopic (exact) mass is 281 g/mol. The number of morpholine rings is 1. The standard InChI is InChI=1S/C14H20ClN3O/c15-13-8-16-5-4-14(13)17-7-12-9-18-6-2-1-3-11(18)10-19-12/h4-5,8,11-12H,1-3,6-7,9-10H2,(H,16,17)/t11-,12+/m1/s1. The molecular weight excluding hydrogens is 262 g/mol. The third kappa shape index (κ3) is 3.19. The predicted octanol–water partition coefficient (Wildman–Crippen LogP) is 2.40. The number of pyridine rings is 1. The highest BCUT2D eigenvalue weighted by atomic mass is 35.5. The smallest absolute Gasteiger partial charge is 0.0874 e. The van der Waals surface area contributed by atoms with Crippen molar-refractivity contribution in [1.29, 1.82) is 0 Å². The van der Waals surface area contributed by atoms with Crippen LogP contribution in [0.1, 0.15) is 19.3 Å². The number of piperidine rings is 1. The highest BCUT2D eigenvalue weighted by Crippen LogP contribution is 2.23. The minimum atomic E-state index is 0.249. The fourth-order valence-electron chi connectivity index (χ4n) is 2.92. The number of rotatable bonds is 3. The highest BCUT2D eigenvalue weighted by molar-refractivity contribution is 6.33. The van der Waals surface area contributed by atoms with Crippen LogP contribution in [-0.2, 0) is 4.74 Å². The molecule has 0 saturated carbocycles. The van der Waals surface area contributed by atoms with Gasteiger partial charge in [-0.05, 0) is 25.5 Å². The van der Waals surface area contributed by atoms with Crippen molar-refractivity contribution < 1.29 is 4.74 Å². The minimum absolute atomic E-state index is 0.249. The van der Waals surface area contributed by atoms with Crippen LogP contribution in [0.3, 0.4) is 0 Å². The molecule has 1 aromatic heterocycles. The number of nitrogens with zero attached hydrogens (tertiary/aromatic N) is 2. The molecule has 0 bridgehead atoms. The van der Waals surface area contributed by atoms with Gasteiger partial charge < -0.3 is 10.1 Å². The van der Waals surface area contributed by atoms with Gasteiger partial charge in [-0.3, -0.25) is 9.88 Å². The van der Waals surface area contributed by atoms with Crippen LogP contribution in [0, 0.1) is 0 Å². The second-order valence-electron chi connectivity index (χ2n) is 5.34. The predicted molar refractivity (Wildman–Crippen MR) is 76.7 cm³/mol. The maximum atomic E-state index is 6.08. The largest absolute Gasteiger partial charge is 0.381 e. The van der Waals surface area contributed by atoms with E-state index in [4.69, 9.17) is 16.3 Å². The average molecular weight is 282 g/mol. The zero-order valence-electron chi connectivity index (χ0n) is 11.0. The molecule has 0 spiro atoms. The summed E-state index contributed by atoms with van der Waals surface area (Å²) in [7, 11) is 0. The van der Waals surface area contributed by atoms with Crippen molar-refractivity contribution in [1.82, 2.24) is 9.88 Å². The van der Waals surface area contributed by atoms with Gasteiger partial charge in [-0.1, -0.05) is 18.0 Å². The Morgan fingerprint density at radius 1 is 1.47 bits per heavy atom. The van der Waals surface area contributed by atoms with Gasteiger partial charge >= 0.3 is 0 Å². The zero-order chi connectivity index (χ0) is 13.1. The number of aromatic nitrogens is 1. The van der Waals surface area contributed by atoms with Crippen molar-refractivity contribution in [2.75, 3.05) is 31.6 Å². The molecule has 1 N–H and O–H groups in total. The SMILES string of the molecule is Clc1cnccc1NC[C@H]1CN2CCCC[C@@H]2CO1. The summed E-state index contributed by atoms with van der Waals surface area (Å²) in [6, 6.07) is 2.55. The number of hydrogen-bond acceptors (Lipinski definition) is 4. The number of ether oxygens (including phenoxy) is 1. The molecule has 0 radical (unpaired) electrons. The lowest BCUT2D eigenvalue weighted by molar-refractivity contribution is -0.0688. The summed E-state index contributed by atoms with van der Waals surface area (Å²) in [4.78, 5) is 6.56. The van der Waals surface area contributed by atoms with Gasteiger partial charge in [-0.15, -0.1) is 0 Å². The van der Waals surface area contributed by atoms with Crippen LogP contribution in [0.4, 0.5) is 5.69 Å². The van der Waals surface area contributed by atoms with E-state index in [0.717, 1.165) is 25.4 Å². The second-order valence-corrected chi connectivity index (χ2v) is 5.74. The fraction of sp³-hybridized carbons (Fsp3) is 0.643. The van der Waals surface area contributed by atoms with E-state index < -0.39 is 0 Å². The molecule has 19 heavy (non-hydrogen) atoms. The zero-order valence-corrected chi connectivity index (χ0v) is 11.8. The first kappa shape index (κ1) is 13.2. The minimum Gasteiger partial charge on any atom is -0.381 e. The van der Waals surface area contributed by atoms with Crippen molar-refractivity contribution >= 4 is 17.3 Å². The third-order valence-electron chi connectivity index (χ3n) is 4.00. The van der Waals surface area contributed by atoms with E-state index in [9.17, 15) is 0 Å². The Bertz CT molecular complexity index is 429. The first-order valence-corrected chi connectivity index (χ1v) is 7.40. The van der Waals surface area contributed by atoms with Gasteiger partial charge in [0, 0.05) is 31.5 Å². The van der Waals surface area contributed by atoms with Gasteiger partial charge in [-0.2, -0.15) is 0 Å². The van der Waals surface area contributed by atoms with E-state index in [0.29, 0.717) is 11.1 Å². The van der Waals surface area contributed by atoms with Crippen molar-refractivity contribution in [3.8, 4) is 0 Å². The maximum absolute atomic E-state index is 6.08. The van der Waals surface area contributed by atoms with E-state index in [-0.39, 0.29) is 6.10 Å². The van der Waals surface area contributed by atoms with Crippen LogP contribution < -0.4 is 5.32 Å². The van der Waals surface area contributed by atoms with Crippen LogP contribution in [0.25, 0.3) is 0 Å². The molecular formula is C14H20ClN3O. The lowest BCUT2D eigenvalue weighted by Crippen LogP contribution is -2.53. The Kier molecular flexibility index (Phi) is 4.21. The first-order chi connectivity index (χ1) is 9.33. The number of hydrogen-bond donors (Lipinski definition) is 1. The Balaban J connectivity index is 1.52. The quantitative estimate of drug-likeness (QED) is 0.923. The van der Waals surface area contributed by atoms with Crippen LogP contribution in [0.2, 0.25) is 5.02 Å². The molecule has 0 unspecified atom stereocenters. The molecule has 2 atom stereocenters.